The third-order valence-electron chi connectivity index (χ3n) is 5.34. The largest absolute Gasteiger partial charge is 0.481 e. The SMILES string of the molecule is CC(=O)O.CC(=O)O.CC(=O)OCC1CC(OC(C)=O)CC(c2ccc(Cl)c(Cc3ccc(C)c(F)c3F)c2)O1. The normalized spacial score (nSPS) is 17.8. The highest BCUT2D eigenvalue weighted by atomic mass is 35.5. The van der Waals surface area contributed by atoms with E-state index < -0.39 is 53.8 Å². The van der Waals surface area contributed by atoms with Gasteiger partial charge >= 0.3 is 11.9 Å². The van der Waals surface area contributed by atoms with Gasteiger partial charge in [-0.3, -0.25) is 19.2 Å². The van der Waals surface area contributed by atoms with E-state index in [0.717, 1.165) is 19.4 Å². The van der Waals surface area contributed by atoms with E-state index in [1.54, 1.807) is 24.3 Å². The van der Waals surface area contributed by atoms with E-state index >= 15 is 0 Å². The average molecular weight is 587 g/mol. The quantitative estimate of drug-likeness (QED) is 0.425. The van der Waals surface area contributed by atoms with Gasteiger partial charge in [0.1, 0.15) is 12.7 Å². The molecule has 3 atom stereocenters. The summed E-state index contributed by atoms with van der Waals surface area (Å²) >= 11 is 6.34. The van der Waals surface area contributed by atoms with Gasteiger partial charge in [-0.15, -0.1) is 0 Å². The Morgan fingerprint density at radius 3 is 2.08 bits per heavy atom. The Morgan fingerprint density at radius 1 is 0.925 bits per heavy atom. The van der Waals surface area contributed by atoms with Crippen LogP contribution in [0.5, 0.6) is 0 Å². The molecule has 0 bridgehead atoms. The first kappa shape index (κ1) is 34.5. The third kappa shape index (κ3) is 12.5. The number of benzene rings is 2. The van der Waals surface area contributed by atoms with Crippen LogP contribution in [0.3, 0.4) is 0 Å². The number of carboxylic acids is 2. The number of ether oxygens (including phenoxy) is 3. The van der Waals surface area contributed by atoms with Gasteiger partial charge in [-0.1, -0.05) is 35.9 Å². The number of carbonyl (C=O) groups is 4. The summed E-state index contributed by atoms with van der Waals surface area (Å²) in [5, 5.41) is 15.2. The molecule has 0 aliphatic carbocycles. The predicted molar refractivity (Wildman–Crippen MR) is 141 cm³/mol. The van der Waals surface area contributed by atoms with Crippen molar-refractivity contribution in [1.82, 2.24) is 0 Å². The van der Waals surface area contributed by atoms with Crippen LogP contribution < -0.4 is 0 Å². The number of carbonyl (C=O) groups excluding carboxylic acids is 2. The molecular weight excluding hydrogens is 554 g/mol. The Morgan fingerprint density at radius 2 is 1.52 bits per heavy atom. The first-order valence-corrected chi connectivity index (χ1v) is 12.5. The minimum atomic E-state index is -0.892. The van der Waals surface area contributed by atoms with Crippen molar-refractivity contribution in [2.45, 2.75) is 72.2 Å². The van der Waals surface area contributed by atoms with E-state index in [4.69, 9.17) is 45.6 Å². The first-order chi connectivity index (χ1) is 18.6. The molecule has 0 saturated carbocycles. The van der Waals surface area contributed by atoms with Gasteiger partial charge in [-0.25, -0.2) is 8.78 Å². The van der Waals surface area contributed by atoms with Crippen molar-refractivity contribution in [3.8, 4) is 0 Å². The number of esters is 2. The molecule has 2 N–H and O–H groups in total. The van der Waals surface area contributed by atoms with Gasteiger partial charge in [0.25, 0.3) is 11.9 Å². The van der Waals surface area contributed by atoms with Crippen molar-refractivity contribution in [1.29, 1.82) is 0 Å². The average Bonchev–Trinajstić information content (AvgIpc) is 2.83. The summed E-state index contributed by atoms with van der Waals surface area (Å²) in [5.74, 6) is -4.27. The monoisotopic (exact) mass is 586 g/mol. The Balaban J connectivity index is 0.000000883. The van der Waals surface area contributed by atoms with Crippen LogP contribution in [0.1, 0.15) is 68.9 Å². The number of aliphatic carboxylic acids is 2. The molecule has 3 unspecified atom stereocenters. The summed E-state index contributed by atoms with van der Waals surface area (Å²) in [6.07, 6.45) is -0.404. The van der Waals surface area contributed by atoms with Gasteiger partial charge < -0.3 is 24.4 Å². The van der Waals surface area contributed by atoms with Crippen LogP contribution in [0.15, 0.2) is 30.3 Å². The molecule has 40 heavy (non-hydrogen) atoms. The Labute approximate surface area is 236 Å². The molecule has 1 heterocycles. The number of rotatable bonds is 6. The standard InChI is InChI=1S/C24H25ClF2O5.2C2H4O2/c1-13-4-5-17(24(27)23(13)26)9-18-8-16(6-7-21(18)25)22-11-19(31-15(3)29)10-20(32-22)12-30-14(2)28;2*1-2(3)4/h4-8,19-20,22H,9-12H2,1-3H3;2*1H3,(H,3,4). The lowest BCUT2D eigenvalue weighted by atomic mass is 9.93. The minimum Gasteiger partial charge on any atom is -0.481 e. The summed E-state index contributed by atoms with van der Waals surface area (Å²) in [7, 11) is 0. The van der Waals surface area contributed by atoms with Crippen LogP contribution in [-0.4, -0.2) is 52.9 Å². The number of hydrogen-bond acceptors (Lipinski definition) is 7. The summed E-state index contributed by atoms with van der Waals surface area (Å²) in [5.41, 5.74) is 1.79. The molecule has 1 aliphatic heterocycles. The second kappa shape index (κ2) is 16.5. The van der Waals surface area contributed by atoms with E-state index in [9.17, 15) is 18.4 Å². The van der Waals surface area contributed by atoms with Crippen molar-refractivity contribution in [3.63, 3.8) is 0 Å². The van der Waals surface area contributed by atoms with Gasteiger partial charge in [0.05, 0.1) is 12.2 Å². The molecular formula is C28H33ClF2O9. The van der Waals surface area contributed by atoms with Crippen LogP contribution in [0.4, 0.5) is 8.78 Å². The summed E-state index contributed by atoms with van der Waals surface area (Å²) in [6.45, 7) is 6.35. The van der Waals surface area contributed by atoms with E-state index in [2.05, 4.69) is 0 Å². The zero-order valence-electron chi connectivity index (χ0n) is 22.8. The minimum absolute atomic E-state index is 0.0396. The molecule has 9 nitrogen and oxygen atoms in total. The van der Waals surface area contributed by atoms with E-state index in [0.29, 0.717) is 23.4 Å². The summed E-state index contributed by atoms with van der Waals surface area (Å²) in [6, 6.07) is 8.30. The lowest BCUT2D eigenvalue weighted by molar-refractivity contribution is -0.169. The second-order valence-corrected chi connectivity index (χ2v) is 9.39. The molecule has 2 aromatic carbocycles. The Bertz CT molecular complexity index is 1180. The molecule has 0 radical (unpaired) electrons. The maximum atomic E-state index is 14.4. The van der Waals surface area contributed by atoms with Crippen LogP contribution >= 0.6 is 11.6 Å². The van der Waals surface area contributed by atoms with Crippen molar-refractivity contribution in [2.75, 3.05) is 6.61 Å². The van der Waals surface area contributed by atoms with E-state index in [-0.39, 0.29) is 24.2 Å². The highest BCUT2D eigenvalue weighted by molar-refractivity contribution is 6.31. The first-order valence-electron chi connectivity index (χ1n) is 12.2. The lowest BCUT2D eigenvalue weighted by Crippen LogP contribution is -2.36. The van der Waals surface area contributed by atoms with Gasteiger partial charge in [-0.2, -0.15) is 0 Å². The van der Waals surface area contributed by atoms with E-state index in [1.807, 2.05) is 0 Å². The molecule has 0 spiro atoms. The maximum Gasteiger partial charge on any atom is 0.302 e. The van der Waals surface area contributed by atoms with Gasteiger partial charge in [0, 0.05) is 52.0 Å². The number of carboxylic acid groups (broad SMARTS) is 2. The van der Waals surface area contributed by atoms with Crippen LogP contribution in [0.2, 0.25) is 5.02 Å². The highest BCUT2D eigenvalue weighted by Crippen LogP contribution is 2.35. The van der Waals surface area contributed by atoms with Crippen molar-refractivity contribution >= 4 is 35.5 Å². The molecule has 12 heteroatoms. The van der Waals surface area contributed by atoms with Gasteiger partial charge in [0.15, 0.2) is 11.6 Å². The highest BCUT2D eigenvalue weighted by Gasteiger charge is 2.33. The zero-order chi connectivity index (χ0) is 30.6. The van der Waals surface area contributed by atoms with Crippen LogP contribution in [0.25, 0.3) is 0 Å². The molecule has 1 aliphatic rings. The Kier molecular flexibility index (Phi) is 14.2. The van der Waals surface area contributed by atoms with Crippen molar-refractivity contribution < 1.29 is 52.4 Å². The third-order valence-corrected chi connectivity index (χ3v) is 5.71. The fourth-order valence-corrected chi connectivity index (χ4v) is 3.98. The Hall–Kier alpha value is -3.57. The van der Waals surface area contributed by atoms with Crippen molar-refractivity contribution in [2.24, 2.45) is 0 Å². The zero-order valence-corrected chi connectivity index (χ0v) is 23.6. The van der Waals surface area contributed by atoms with Gasteiger partial charge in [0.2, 0.25) is 0 Å². The van der Waals surface area contributed by atoms with Crippen LogP contribution in [0, 0.1) is 18.6 Å². The fraction of sp³-hybridized carbons (Fsp3) is 0.429. The predicted octanol–water partition coefficient (Wildman–Crippen LogP) is 5.41. The number of hydrogen-bond donors (Lipinski definition) is 2. The molecule has 2 aromatic rings. The molecule has 1 saturated heterocycles. The molecule has 0 amide bonds. The van der Waals surface area contributed by atoms with E-state index in [1.165, 1.54) is 26.8 Å². The summed E-state index contributed by atoms with van der Waals surface area (Å²) in [4.78, 5) is 40.7. The topological polar surface area (TPSA) is 136 Å². The molecule has 1 fully saturated rings. The lowest BCUT2D eigenvalue weighted by Gasteiger charge is -2.35. The molecule has 3 rings (SSSR count). The number of aryl methyl sites for hydroxylation is 1. The number of halogens is 3. The fourth-order valence-electron chi connectivity index (χ4n) is 3.79. The van der Waals surface area contributed by atoms with Crippen LogP contribution in [-0.2, 0) is 39.8 Å². The molecule has 220 valence electrons. The van der Waals surface area contributed by atoms with Crippen molar-refractivity contribution in [3.05, 3.63) is 69.2 Å². The maximum absolute atomic E-state index is 14.4. The second-order valence-electron chi connectivity index (χ2n) is 8.99. The molecule has 0 aromatic heterocycles. The smallest absolute Gasteiger partial charge is 0.302 e. The summed E-state index contributed by atoms with van der Waals surface area (Å²) < 4.78 is 44.9. The van der Waals surface area contributed by atoms with Gasteiger partial charge in [-0.05, 0) is 35.2 Å².